The van der Waals surface area contributed by atoms with Gasteiger partial charge in [0.2, 0.25) is 0 Å². The van der Waals surface area contributed by atoms with Crippen LogP contribution in [0.2, 0.25) is 0 Å². The van der Waals surface area contributed by atoms with E-state index in [0.29, 0.717) is 13.0 Å². The molecule has 1 aliphatic carbocycles. The second-order valence-electron chi connectivity index (χ2n) is 5.17. The van der Waals surface area contributed by atoms with E-state index in [1.54, 1.807) is 7.11 Å². The number of nitriles is 1. The van der Waals surface area contributed by atoms with Crippen LogP contribution in [0.1, 0.15) is 31.2 Å². The number of hydrogen-bond donors (Lipinski definition) is 1. The molecule has 108 valence electrons. The van der Waals surface area contributed by atoms with Crippen LogP contribution >= 0.6 is 0 Å². The van der Waals surface area contributed by atoms with Crippen molar-refractivity contribution in [1.29, 1.82) is 5.26 Å². The molecule has 0 amide bonds. The summed E-state index contributed by atoms with van der Waals surface area (Å²) in [4.78, 5) is 0. The molecule has 0 radical (unpaired) electrons. The van der Waals surface area contributed by atoms with E-state index in [-0.39, 0.29) is 0 Å². The molecule has 1 fully saturated rings. The van der Waals surface area contributed by atoms with Gasteiger partial charge in [0.05, 0.1) is 19.8 Å². The van der Waals surface area contributed by atoms with E-state index in [1.807, 2.05) is 12.1 Å². The summed E-state index contributed by atoms with van der Waals surface area (Å²) < 4.78 is 11.0. The smallest absolute Gasteiger partial charge is 0.161 e. The standard InChI is InChI=1S/C16H22N2O2/c1-19-15-7-6-14(12-18-11-13-4-5-13)10-16(15)20-9-3-2-8-17/h6-7,10,13,18H,2-5,9,11-12H2,1H3. The molecular weight excluding hydrogens is 252 g/mol. The van der Waals surface area contributed by atoms with Crippen LogP contribution in [0.15, 0.2) is 18.2 Å². The minimum atomic E-state index is 0.519. The lowest BCUT2D eigenvalue weighted by Crippen LogP contribution is -2.16. The molecule has 4 heteroatoms. The van der Waals surface area contributed by atoms with Crippen molar-refractivity contribution in [2.24, 2.45) is 5.92 Å². The third-order valence-corrected chi connectivity index (χ3v) is 3.38. The maximum atomic E-state index is 8.52. The molecule has 1 aromatic rings. The fourth-order valence-electron chi connectivity index (χ4n) is 2.02. The SMILES string of the molecule is COc1ccc(CNCC2CC2)cc1OCCCC#N. The Bertz CT molecular complexity index is 464. The summed E-state index contributed by atoms with van der Waals surface area (Å²) >= 11 is 0. The van der Waals surface area contributed by atoms with Crippen molar-refractivity contribution in [3.05, 3.63) is 23.8 Å². The molecule has 1 aliphatic rings. The molecule has 2 rings (SSSR count). The van der Waals surface area contributed by atoms with Gasteiger partial charge in [-0.2, -0.15) is 5.26 Å². The van der Waals surface area contributed by atoms with E-state index in [9.17, 15) is 0 Å². The Morgan fingerprint density at radius 1 is 1.35 bits per heavy atom. The molecule has 0 unspecified atom stereocenters. The average molecular weight is 274 g/mol. The Morgan fingerprint density at radius 3 is 2.90 bits per heavy atom. The molecule has 0 saturated heterocycles. The fraction of sp³-hybridized carbons (Fsp3) is 0.562. The minimum absolute atomic E-state index is 0.519. The highest BCUT2D eigenvalue weighted by Crippen LogP contribution is 2.29. The third kappa shape index (κ3) is 4.75. The van der Waals surface area contributed by atoms with Gasteiger partial charge in [0, 0.05) is 13.0 Å². The molecular formula is C16H22N2O2. The Kier molecular flexibility index (Phi) is 5.69. The number of hydrogen-bond acceptors (Lipinski definition) is 4. The summed E-state index contributed by atoms with van der Waals surface area (Å²) in [5, 5.41) is 12.0. The lowest BCUT2D eigenvalue weighted by Gasteiger charge is -2.12. The number of methoxy groups -OCH3 is 1. The van der Waals surface area contributed by atoms with E-state index >= 15 is 0 Å². The van der Waals surface area contributed by atoms with Crippen LogP contribution in [-0.4, -0.2) is 20.3 Å². The van der Waals surface area contributed by atoms with Crippen LogP contribution in [0.4, 0.5) is 0 Å². The third-order valence-electron chi connectivity index (χ3n) is 3.38. The van der Waals surface area contributed by atoms with Crippen LogP contribution in [0.3, 0.4) is 0 Å². The van der Waals surface area contributed by atoms with Gasteiger partial charge in [-0.15, -0.1) is 0 Å². The van der Waals surface area contributed by atoms with Gasteiger partial charge in [-0.25, -0.2) is 0 Å². The predicted octanol–water partition coefficient (Wildman–Crippen LogP) is 2.88. The van der Waals surface area contributed by atoms with Gasteiger partial charge in [-0.05, 0) is 49.4 Å². The first-order valence-corrected chi connectivity index (χ1v) is 7.21. The highest BCUT2D eigenvalue weighted by atomic mass is 16.5. The van der Waals surface area contributed by atoms with E-state index < -0.39 is 0 Å². The van der Waals surface area contributed by atoms with Gasteiger partial charge in [0.25, 0.3) is 0 Å². The molecule has 20 heavy (non-hydrogen) atoms. The van der Waals surface area contributed by atoms with Gasteiger partial charge in [0.15, 0.2) is 11.5 Å². The van der Waals surface area contributed by atoms with Gasteiger partial charge in [-0.3, -0.25) is 0 Å². The highest BCUT2D eigenvalue weighted by molar-refractivity contribution is 5.42. The molecule has 0 spiro atoms. The molecule has 0 bridgehead atoms. The lowest BCUT2D eigenvalue weighted by molar-refractivity contribution is 0.290. The van der Waals surface area contributed by atoms with E-state index in [0.717, 1.165) is 36.9 Å². The fourth-order valence-corrected chi connectivity index (χ4v) is 2.02. The van der Waals surface area contributed by atoms with Crippen molar-refractivity contribution in [1.82, 2.24) is 5.32 Å². The monoisotopic (exact) mass is 274 g/mol. The highest BCUT2D eigenvalue weighted by Gasteiger charge is 2.20. The van der Waals surface area contributed by atoms with Crippen molar-refractivity contribution < 1.29 is 9.47 Å². The first-order chi connectivity index (χ1) is 9.83. The average Bonchev–Trinajstić information content (AvgIpc) is 3.28. The molecule has 1 saturated carbocycles. The number of rotatable bonds is 9. The van der Waals surface area contributed by atoms with E-state index in [2.05, 4.69) is 17.5 Å². The van der Waals surface area contributed by atoms with Gasteiger partial charge >= 0.3 is 0 Å². The Labute approximate surface area is 120 Å². The van der Waals surface area contributed by atoms with Crippen molar-refractivity contribution in [3.8, 4) is 17.6 Å². The first-order valence-electron chi connectivity index (χ1n) is 7.21. The van der Waals surface area contributed by atoms with Gasteiger partial charge in [-0.1, -0.05) is 6.07 Å². The zero-order valence-corrected chi connectivity index (χ0v) is 12.0. The summed E-state index contributed by atoms with van der Waals surface area (Å²) in [6, 6.07) is 8.13. The van der Waals surface area contributed by atoms with Crippen LogP contribution in [0.25, 0.3) is 0 Å². The van der Waals surface area contributed by atoms with Crippen molar-refractivity contribution in [3.63, 3.8) is 0 Å². The zero-order valence-electron chi connectivity index (χ0n) is 12.0. The zero-order chi connectivity index (χ0) is 14.2. The summed E-state index contributed by atoms with van der Waals surface area (Å²) in [6.07, 6.45) is 3.99. The Morgan fingerprint density at radius 2 is 2.20 bits per heavy atom. The summed E-state index contributed by atoms with van der Waals surface area (Å²) in [7, 11) is 1.64. The molecule has 0 aliphatic heterocycles. The molecule has 4 nitrogen and oxygen atoms in total. The predicted molar refractivity (Wildman–Crippen MR) is 77.8 cm³/mol. The number of benzene rings is 1. The van der Waals surface area contributed by atoms with Crippen LogP contribution in [0.5, 0.6) is 11.5 Å². The number of nitrogens with zero attached hydrogens (tertiary/aromatic N) is 1. The van der Waals surface area contributed by atoms with Crippen LogP contribution in [0, 0.1) is 17.2 Å². The van der Waals surface area contributed by atoms with E-state index in [1.165, 1.54) is 18.4 Å². The molecule has 0 atom stereocenters. The summed E-state index contributed by atoms with van der Waals surface area (Å²) in [6.45, 7) is 2.50. The quantitative estimate of drug-likeness (QED) is 0.703. The maximum absolute atomic E-state index is 8.52. The Hall–Kier alpha value is -1.73. The molecule has 1 N–H and O–H groups in total. The number of unbranched alkanes of at least 4 members (excludes halogenated alkanes) is 1. The molecule has 0 aromatic heterocycles. The topological polar surface area (TPSA) is 54.3 Å². The van der Waals surface area contributed by atoms with Crippen molar-refractivity contribution in [2.45, 2.75) is 32.2 Å². The molecule has 0 heterocycles. The summed E-state index contributed by atoms with van der Waals surface area (Å²) in [5.74, 6) is 2.39. The van der Waals surface area contributed by atoms with Gasteiger partial charge < -0.3 is 14.8 Å². The number of ether oxygens (including phenoxy) is 2. The first kappa shape index (κ1) is 14.7. The molecule has 1 aromatic carbocycles. The van der Waals surface area contributed by atoms with Crippen molar-refractivity contribution in [2.75, 3.05) is 20.3 Å². The Balaban J connectivity index is 1.86. The largest absolute Gasteiger partial charge is 0.493 e. The maximum Gasteiger partial charge on any atom is 0.161 e. The van der Waals surface area contributed by atoms with Gasteiger partial charge in [0.1, 0.15) is 0 Å². The second kappa shape index (κ2) is 7.76. The van der Waals surface area contributed by atoms with E-state index in [4.69, 9.17) is 14.7 Å². The second-order valence-corrected chi connectivity index (χ2v) is 5.17. The van der Waals surface area contributed by atoms with Crippen LogP contribution < -0.4 is 14.8 Å². The summed E-state index contributed by atoms with van der Waals surface area (Å²) in [5.41, 5.74) is 1.20. The van der Waals surface area contributed by atoms with Crippen LogP contribution in [-0.2, 0) is 6.54 Å². The minimum Gasteiger partial charge on any atom is -0.493 e. The van der Waals surface area contributed by atoms with Crippen molar-refractivity contribution >= 4 is 0 Å². The normalized spacial score (nSPS) is 13.8. The number of nitrogens with one attached hydrogen (secondary N) is 1. The lowest BCUT2D eigenvalue weighted by atomic mass is 10.2.